The first-order valence-electron chi connectivity index (χ1n) is 28.1. The van der Waals surface area contributed by atoms with E-state index in [0.717, 1.165) is 83.5 Å². The summed E-state index contributed by atoms with van der Waals surface area (Å²) < 4.78 is 23.2. The third-order valence-electron chi connectivity index (χ3n) is 12.0. The van der Waals surface area contributed by atoms with E-state index in [0.29, 0.717) is 17.4 Å². The minimum absolute atomic E-state index is 0.0115. The Labute approximate surface area is 426 Å². The van der Waals surface area contributed by atoms with E-state index in [4.69, 9.17) is 9.05 Å². The summed E-state index contributed by atoms with van der Waals surface area (Å²) in [6.45, 7) is 4.37. The van der Waals surface area contributed by atoms with Crippen molar-refractivity contribution in [2.45, 2.75) is 238 Å². The van der Waals surface area contributed by atoms with E-state index in [1.807, 2.05) is 27.2 Å². The molecule has 0 aliphatic heterocycles. The number of rotatable bonds is 50. The molecule has 8 nitrogen and oxygen atoms in total. The summed E-state index contributed by atoms with van der Waals surface area (Å²) in [7, 11) is 1.23. The summed E-state index contributed by atoms with van der Waals surface area (Å²) in [5.41, 5.74) is 0. The molecule has 9 heteroatoms. The summed E-state index contributed by atoms with van der Waals surface area (Å²) in [5, 5.41) is 13.7. The number of carbonyl (C=O) groups is 1. The molecule has 2 N–H and O–H groups in total. The molecule has 0 bridgehead atoms. The second-order valence-corrected chi connectivity index (χ2v) is 21.3. The first kappa shape index (κ1) is 66.4. The number of likely N-dealkylation sites (N-methyl/N-ethyl adjacent to an activating group) is 1. The van der Waals surface area contributed by atoms with Crippen LogP contribution in [0.4, 0.5) is 0 Å². The predicted molar refractivity (Wildman–Crippen MR) is 297 cm³/mol. The van der Waals surface area contributed by atoms with Crippen molar-refractivity contribution in [1.29, 1.82) is 0 Å². The molecule has 1 amide bonds. The minimum atomic E-state index is -4.60. The lowest BCUT2D eigenvalue weighted by Crippen LogP contribution is -2.45. The van der Waals surface area contributed by atoms with E-state index in [9.17, 15) is 19.4 Å². The Morgan fingerprint density at radius 1 is 0.507 bits per heavy atom. The second-order valence-electron chi connectivity index (χ2n) is 19.9. The standard InChI is InChI=1S/C60H107N2O6P/c1-6-8-10-12-14-16-18-19-20-21-22-23-24-25-26-27-28-29-30-31-32-33-34-35-36-37-38-39-40-41-42-43-44-46-48-50-52-54-60(64)61-58(57-68-69(65,66)67-56-55-62(3,4)5)59(63)53-51-49-47-45-17-15-13-11-9-7-2/h8-11,14,16-17,19-20,22-23,25-26,45,51,53,58-59,63H,6-7,12-13,15,18,21,24,27-44,46-50,52,54-57H2,1-5H3,(H-,61,64,65,66)/b10-8-,11-9+,16-14-,20-19-,23-22-,26-25-,45-17+,53-51+. The maximum atomic E-state index is 12.9. The molecule has 69 heavy (non-hydrogen) atoms. The quantitative estimate of drug-likeness (QED) is 0.0272. The fourth-order valence-corrected chi connectivity index (χ4v) is 8.41. The molecule has 0 spiro atoms. The van der Waals surface area contributed by atoms with Gasteiger partial charge in [-0.3, -0.25) is 9.36 Å². The molecule has 0 heterocycles. The molecule has 0 aromatic rings. The van der Waals surface area contributed by atoms with Crippen LogP contribution in [-0.4, -0.2) is 68.5 Å². The largest absolute Gasteiger partial charge is 0.756 e. The molecule has 3 atom stereocenters. The Hall–Kier alpha value is -2.58. The molecule has 0 fully saturated rings. The smallest absolute Gasteiger partial charge is 0.268 e. The van der Waals surface area contributed by atoms with Crippen LogP contribution in [0.1, 0.15) is 226 Å². The number of unbranched alkanes of at least 4 members (excludes halogenated alkanes) is 23. The Kier molecular flexibility index (Phi) is 48.5. The van der Waals surface area contributed by atoms with Crippen LogP contribution in [0.25, 0.3) is 0 Å². The number of hydrogen-bond acceptors (Lipinski definition) is 6. The topological polar surface area (TPSA) is 108 Å². The zero-order valence-electron chi connectivity index (χ0n) is 45.2. The van der Waals surface area contributed by atoms with Crippen LogP contribution in [0.3, 0.4) is 0 Å². The molecule has 3 unspecified atom stereocenters. The summed E-state index contributed by atoms with van der Waals surface area (Å²) in [5.74, 6) is -0.215. The number of phosphoric ester groups is 1. The van der Waals surface area contributed by atoms with Gasteiger partial charge in [-0.05, 0) is 83.5 Å². The molecular weight excluding hydrogens is 876 g/mol. The van der Waals surface area contributed by atoms with E-state index in [2.05, 4.69) is 104 Å². The third kappa shape index (κ3) is 53.1. The van der Waals surface area contributed by atoms with Gasteiger partial charge in [0.2, 0.25) is 5.91 Å². The van der Waals surface area contributed by atoms with Gasteiger partial charge in [0.15, 0.2) is 0 Å². The van der Waals surface area contributed by atoms with Gasteiger partial charge < -0.3 is 28.8 Å². The number of hydrogen-bond donors (Lipinski definition) is 2. The lowest BCUT2D eigenvalue weighted by molar-refractivity contribution is -0.870. The van der Waals surface area contributed by atoms with Gasteiger partial charge in [-0.1, -0.05) is 233 Å². The SMILES string of the molecule is CC/C=C\C/C=C\C/C=C\C/C=C\C/C=C\CCCCCCCCCCCCCCCCCCCCCCCC(=O)NC(COP(=O)([O-])OCC[N+](C)(C)C)C(O)/C=C/CC/C=C/CC/C=C/CC. The average molecular weight is 983 g/mol. The highest BCUT2D eigenvalue weighted by molar-refractivity contribution is 7.45. The summed E-state index contributed by atoms with van der Waals surface area (Å²) in [6, 6.07) is -0.910. The van der Waals surface area contributed by atoms with Crippen LogP contribution in [0.15, 0.2) is 97.2 Å². The van der Waals surface area contributed by atoms with Crippen molar-refractivity contribution >= 4 is 13.7 Å². The van der Waals surface area contributed by atoms with Crippen LogP contribution in [-0.2, 0) is 18.4 Å². The second kappa shape index (κ2) is 50.4. The molecule has 0 aliphatic rings. The van der Waals surface area contributed by atoms with E-state index in [1.165, 1.54) is 122 Å². The number of phosphoric acid groups is 1. The maximum Gasteiger partial charge on any atom is 0.268 e. The van der Waals surface area contributed by atoms with E-state index in [-0.39, 0.29) is 12.5 Å². The Morgan fingerprint density at radius 2 is 0.855 bits per heavy atom. The van der Waals surface area contributed by atoms with Gasteiger partial charge >= 0.3 is 0 Å². The van der Waals surface area contributed by atoms with Crippen molar-refractivity contribution < 1.29 is 32.9 Å². The van der Waals surface area contributed by atoms with Crippen LogP contribution in [0.5, 0.6) is 0 Å². The number of nitrogens with zero attached hydrogens (tertiary/aromatic N) is 1. The van der Waals surface area contributed by atoms with Gasteiger partial charge in [-0.2, -0.15) is 0 Å². The molecular formula is C60H107N2O6P. The Morgan fingerprint density at radius 3 is 1.29 bits per heavy atom. The van der Waals surface area contributed by atoms with Crippen molar-refractivity contribution in [3.05, 3.63) is 97.2 Å². The molecule has 0 aliphatic carbocycles. The number of quaternary nitrogens is 1. The predicted octanol–water partition coefficient (Wildman–Crippen LogP) is 16.4. The van der Waals surface area contributed by atoms with Gasteiger partial charge in [0.05, 0.1) is 39.9 Å². The first-order valence-corrected chi connectivity index (χ1v) is 29.6. The Bertz CT molecular complexity index is 1440. The number of aliphatic hydroxyl groups excluding tert-OH is 1. The van der Waals surface area contributed by atoms with Gasteiger partial charge in [-0.25, -0.2) is 0 Å². The lowest BCUT2D eigenvalue weighted by atomic mass is 10.0. The molecule has 398 valence electrons. The fourth-order valence-electron chi connectivity index (χ4n) is 7.69. The van der Waals surface area contributed by atoms with Crippen molar-refractivity contribution in [1.82, 2.24) is 5.32 Å². The molecule has 0 rings (SSSR count). The summed E-state index contributed by atoms with van der Waals surface area (Å²) in [4.78, 5) is 25.3. The number of allylic oxidation sites excluding steroid dienone is 15. The molecule has 0 saturated heterocycles. The van der Waals surface area contributed by atoms with Gasteiger partial charge in [0.25, 0.3) is 7.82 Å². The number of aliphatic hydroxyl groups is 1. The fraction of sp³-hybridized carbons (Fsp3) is 0.717. The van der Waals surface area contributed by atoms with Crippen LogP contribution in [0, 0.1) is 0 Å². The van der Waals surface area contributed by atoms with E-state index in [1.54, 1.807) is 6.08 Å². The van der Waals surface area contributed by atoms with Gasteiger partial charge in [0.1, 0.15) is 13.2 Å². The molecule has 0 aromatic heterocycles. The summed E-state index contributed by atoms with van der Waals surface area (Å²) >= 11 is 0. The van der Waals surface area contributed by atoms with Crippen LogP contribution < -0.4 is 10.2 Å². The van der Waals surface area contributed by atoms with E-state index < -0.39 is 26.6 Å². The molecule has 0 saturated carbocycles. The monoisotopic (exact) mass is 983 g/mol. The highest BCUT2D eigenvalue weighted by Crippen LogP contribution is 2.38. The van der Waals surface area contributed by atoms with Crippen molar-refractivity contribution in [2.24, 2.45) is 0 Å². The first-order chi connectivity index (χ1) is 33.5. The maximum absolute atomic E-state index is 12.9. The third-order valence-corrected chi connectivity index (χ3v) is 13.0. The van der Waals surface area contributed by atoms with Crippen LogP contribution in [0.2, 0.25) is 0 Å². The van der Waals surface area contributed by atoms with Crippen molar-refractivity contribution in [2.75, 3.05) is 40.9 Å². The van der Waals surface area contributed by atoms with Crippen molar-refractivity contribution in [3.8, 4) is 0 Å². The zero-order chi connectivity index (χ0) is 50.6. The van der Waals surface area contributed by atoms with Crippen LogP contribution >= 0.6 is 7.82 Å². The number of amides is 1. The normalized spacial score (nSPS) is 14.7. The summed E-state index contributed by atoms with van der Waals surface area (Å²) in [6.07, 6.45) is 72.4. The zero-order valence-corrected chi connectivity index (χ0v) is 46.1. The number of nitrogens with one attached hydrogen (secondary N) is 1. The Balaban J connectivity index is 3.92. The lowest BCUT2D eigenvalue weighted by Gasteiger charge is -2.29. The van der Waals surface area contributed by atoms with E-state index >= 15 is 0 Å². The van der Waals surface area contributed by atoms with Gasteiger partial charge in [-0.15, -0.1) is 0 Å². The molecule has 0 aromatic carbocycles. The number of carbonyl (C=O) groups excluding carboxylic acids is 1. The van der Waals surface area contributed by atoms with Gasteiger partial charge in [0, 0.05) is 6.42 Å². The highest BCUT2D eigenvalue weighted by Gasteiger charge is 2.23. The molecule has 0 radical (unpaired) electrons. The average Bonchev–Trinajstić information content (AvgIpc) is 3.31. The van der Waals surface area contributed by atoms with Crippen molar-refractivity contribution in [3.63, 3.8) is 0 Å². The highest BCUT2D eigenvalue weighted by atomic mass is 31.2. The minimum Gasteiger partial charge on any atom is -0.756 e.